The first-order chi connectivity index (χ1) is 10.9. The monoisotopic (exact) mass is 322 g/mol. The van der Waals surface area contributed by atoms with Gasteiger partial charge in [-0.25, -0.2) is 13.6 Å². The van der Waals surface area contributed by atoms with Gasteiger partial charge in [0, 0.05) is 11.6 Å². The lowest BCUT2D eigenvalue weighted by molar-refractivity contribution is -0.130. The van der Waals surface area contributed by atoms with Crippen LogP contribution in [-0.4, -0.2) is 5.97 Å². The minimum Gasteiger partial charge on any atom is -0.423 e. The Morgan fingerprint density at radius 1 is 1.26 bits per heavy atom. The van der Waals surface area contributed by atoms with Crippen LogP contribution in [0.15, 0.2) is 29.8 Å². The number of hydrogen-bond acceptors (Lipinski definition) is 2. The molecule has 1 aromatic carbocycles. The van der Waals surface area contributed by atoms with E-state index in [-0.39, 0.29) is 11.7 Å². The molecule has 4 heteroatoms. The number of halogens is 2. The van der Waals surface area contributed by atoms with E-state index in [2.05, 4.69) is 6.92 Å². The third kappa shape index (κ3) is 4.88. The third-order valence-corrected chi connectivity index (χ3v) is 4.35. The number of carbonyl (C=O) groups excluding carboxylic acids is 1. The highest BCUT2D eigenvalue weighted by Gasteiger charge is 2.22. The van der Waals surface area contributed by atoms with Crippen LogP contribution in [-0.2, 0) is 4.79 Å². The second-order valence-corrected chi connectivity index (χ2v) is 6.77. The number of hydrogen-bond donors (Lipinski definition) is 0. The topological polar surface area (TPSA) is 26.3 Å². The largest absolute Gasteiger partial charge is 0.423 e. The first-order valence-electron chi connectivity index (χ1n) is 8.25. The van der Waals surface area contributed by atoms with E-state index in [0.717, 1.165) is 25.0 Å². The summed E-state index contributed by atoms with van der Waals surface area (Å²) in [6.07, 6.45) is 6.59. The van der Waals surface area contributed by atoms with Gasteiger partial charge in [0.25, 0.3) is 0 Å². The number of carbonyl (C=O) groups is 1. The van der Waals surface area contributed by atoms with Gasteiger partial charge in [-0.2, -0.15) is 0 Å². The Morgan fingerprint density at radius 2 is 2.00 bits per heavy atom. The molecule has 0 aromatic heterocycles. The van der Waals surface area contributed by atoms with Gasteiger partial charge >= 0.3 is 5.97 Å². The molecular formula is C19H24F2O2. The van der Waals surface area contributed by atoms with Crippen molar-refractivity contribution in [3.8, 4) is 5.75 Å². The lowest BCUT2D eigenvalue weighted by Gasteiger charge is -2.25. The van der Waals surface area contributed by atoms with Crippen LogP contribution < -0.4 is 4.74 Å². The molecule has 2 atom stereocenters. The zero-order chi connectivity index (χ0) is 17.0. The molecule has 0 aliphatic heterocycles. The maximum Gasteiger partial charge on any atom is 0.339 e. The molecule has 0 N–H and O–H groups in total. The molecule has 0 amide bonds. The summed E-state index contributed by atoms with van der Waals surface area (Å²) in [5.41, 5.74) is 0.605. The van der Waals surface area contributed by atoms with Gasteiger partial charge in [0.05, 0.1) is 0 Å². The lowest BCUT2D eigenvalue weighted by atomic mass is 9.81. The summed E-state index contributed by atoms with van der Waals surface area (Å²) in [5.74, 6) is -1.37. The highest BCUT2D eigenvalue weighted by molar-refractivity contribution is 5.90. The molecule has 0 spiro atoms. The standard InChI is InChI=1S/C19H24F2O2/c1-12(2)16(10-14-6-4-5-13(3)9-14)19(22)23-15-7-8-17(20)18(21)11-15/h7-8,10-14H,4-6,9H2,1-3H3. The van der Waals surface area contributed by atoms with Gasteiger partial charge in [-0.15, -0.1) is 0 Å². The molecule has 0 radical (unpaired) electrons. The predicted molar refractivity (Wildman–Crippen MR) is 86.0 cm³/mol. The summed E-state index contributed by atoms with van der Waals surface area (Å²) in [6.45, 7) is 6.10. The average molecular weight is 322 g/mol. The van der Waals surface area contributed by atoms with Gasteiger partial charge in [-0.3, -0.25) is 0 Å². The van der Waals surface area contributed by atoms with Crippen molar-refractivity contribution < 1.29 is 18.3 Å². The minimum atomic E-state index is -1.02. The molecule has 126 valence electrons. The minimum absolute atomic E-state index is 0.0185. The zero-order valence-electron chi connectivity index (χ0n) is 13.9. The van der Waals surface area contributed by atoms with E-state index in [1.807, 2.05) is 19.9 Å². The van der Waals surface area contributed by atoms with E-state index in [0.29, 0.717) is 17.4 Å². The molecule has 1 aliphatic carbocycles. The van der Waals surface area contributed by atoms with Crippen molar-refractivity contribution in [2.75, 3.05) is 0 Å². The van der Waals surface area contributed by atoms with Crippen molar-refractivity contribution in [3.63, 3.8) is 0 Å². The van der Waals surface area contributed by atoms with Crippen LogP contribution in [0.4, 0.5) is 8.78 Å². The van der Waals surface area contributed by atoms with Gasteiger partial charge in [0.15, 0.2) is 11.6 Å². The van der Waals surface area contributed by atoms with E-state index in [1.165, 1.54) is 18.9 Å². The van der Waals surface area contributed by atoms with Gasteiger partial charge in [0.1, 0.15) is 5.75 Å². The van der Waals surface area contributed by atoms with Crippen LogP contribution in [0.2, 0.25) is 0 Å². The van der Waals surface area contributed by atoms with Gasteiger partial charge in [-0.1, -0.05) is 39.7 Å². The SMILES string of the molecule is CC1CCCC(C=C(C(=O)Oc2ccc(F)c(F)c2)C(C)C)C1. The molecule has 2 rings (SSSR count). The normalized spacial score (nSPS) is 22.3. The Hall–Kier alpha value is -1.71. The number of allylic oxidation sites excluding steroid dienone is 1. The smallest absolute Gasteiger partial charge is 0.339 e. The highest BCUT2D eigenvalue weighted by Crippen LogP contribution is 2.31. The van der Waals surface area contributed by atoms with E-state index in [1.54, 1.807) is 0 Å². The summed E-state index contributed by atoms with van der Waals surface area (Å²) in [4.78, 5) is 12.4. The second-order valence-electron chi connectivity index (χ2n) is 6.77. The average Bonchev–Trinajstić information content (AvgIpc) is 2.48. The molecule has 23 heavy (non-hydrogen) atoms. The quantitative estimate of drug-likeness (QED) is 0.428. The van der Waals surface area contributed by atoms with Crippen molar-refractivity contribution in [3.05, 3.63) is 41.5 Å². The van der Waals surface area contributed by atoms with E-state index < -0.39 is 17.6 Å². The molecular weight excluding hydrogens is 298 g/mol. The maximum atomic E-state index is 13.2. The summed E-state index contributed by atoms with van der Waals surface area (Å²) >= 11 is 0. The van der Waals surface area contributed by atoms with Crippen molar-refractivity contribution in [2.24, 2.45) is 17.8 Å². The van der Waals surface area contributed by atoms with Gasteiger partial charge < -0.3 is 4.74 Å². The lowest BCUT2D eigenvalue weighted by Crippen LogP contribution is -2.19. The second kappa shape index (κ2) is 7.71. The molecule has 2 nitrogen and oxygen atoms in total. The molecule has 0 bridgehead atoms. The Kier molecular flexibility index (Phi) is 5.91. The van der Waals surface area contributed by atoms with Gasteiger partial charge in [0.2, 0.25) is 0 Å². The summed E-state index contributed by atoms with van der Waals surface area (Å²) < 4.78 is 31.4. The van der Waals surface area contributed by atoms with Crippen molar-refractivity contribution in [1.82, 2.24) is 0 Å². The van der Waals surface area contributed by atoms with E-state index >= 15 is 0 Å². The molecule has 2 unspecified atom stereocenters. The number of rotatable bonds is 4. The van der Waals surface area contributed by atoms with Crippen LogP contribution in [0.1, 0.15) is 46.5 Å². The zero-order valence-corrected chi connectivity index (χ0v) is 13.9. The Bertz CT molecular complexity index is 593. The van der Waals surface area contributed by atoms with Crippen LogP contribution in [0.25, 0.3) is 0 Å². The highest BCUT2D eigenvalue weighted by atomic mass is 19.2. The van der Waals surface area contributed by atoms with Crippen molar-refractivity contribution in [2.45, 2.75) is 46.5 Å². The molecule has 1 aliphatic rings. The molecule has 0 heterocycles. The van der Waals surface area contributed by atoms with Crippen molar-refractivity contribution in [1.29, 1.82) is 0 Å². The van der Waals surface area contributed by atoms with E-state index in [4.69, 9.17) is 4.74 Å². The van der Waals surface area contributed by atoms with E-state index in [9.17, 15) is 13.6 Å². The van der Waals surface area contributed by atoms with Crippen LogP contribution in [0.5, 0.6) is 5.75 Å². The first-order valence-corrected chi connectivity index (χ1v) is 8.25. The molecule has 1 fully saturated rings. The first kappa shape index (κ1) is 17.6. The Balaban J connectivity index is 2.13. The van der Waals surface area contributed by atoms with Crippen LogP contribution in [0.3, 0.4) is 0 Å². The Morgan fingerprint density at radius 3 is 2.61 bits per heavy atom. The molecule has 1 aromatic rings. The predicted octanol–water partition coefficient (Wildman–Crippen LogP) is 5.28. The number of ether oxygens (including phenoxy) is 1. The Labute approximate surface area is 136 Å². The van der Waals surface area contributed by atoms with Crippen LogP contribution in [0, 0.1) is 29.4 Å². The number of esters is 1. The fraction of sp³-hybridized carbons (Fsp3) is 0.526. The fourth-order valence-corrected chi connectivity index (χ4v) is 3.09. The van der Waals surface area contributed by atoms with Crippen LogP contribution >= 0.6 is 0 Å². The maximum absolute atomic E-state index is 13.2. The van der Waals surface area contributed by atoms with Gasteiger partial charge in [-0.05, 0) is 42.7 Å². The third-order valence-electron chi connectivity index (χ3n) is 4.35. The molecule has 0 saturated heterocycles. The fourth-order valence-electron chi connectivity index (χ4n) is 3.09. The summed E-state index contributed by atoms with van der Waals surface area (Å²) in [7, 11) is 0. The summed E-state index contributed by atoms with van der Waals surface area (Å²) in [5, 5.41) is 0. The number of benzene rings is 1. The molecule has 1 saturated carbocycles. The summed E-state index contributed by atoms with van der Waals surface area (Å²) in [6, 6.07) is 3.12. The van der Waals surface area contributed by atoms with Crippen molar-refractivity contribution >= 4 is 5.97 Å².